The Labute approximate surface area is 243 Å². The number of hydrogen-bond donors (Lipinski definition) is 0. The van der Waals surface area contributed by atoms with Crippen LogP contribution in [0.25, 0.3) is 77.5 Å². The zero-order valence-electron chi connectivity index (χ0n) is 22.8. The first kappa shape index (κ1) is 24.2. The molecule has 0 spiro atoms. The molecule has 8 aromatic rings. The molecule has 0 fully saturated rings. The van der Waals surface area contributed by atoms with E-state index in [2.05, 4.69) is 114 Å². The molecule has 6 aromatic carbocycles. The third-order valence-corrected chi connectivity index (χ3v) is 7.91. The number of para-hydroxylation sites is 1. The molecule has 2 heterocycles. The van der Waals surface area contributed by atoms with Gasteiger partial charge in [-0.2, -0.15) is 0 Å². The molecular formula is C39H25N3. The van der Waals surface area contributed by atoms with Crippen LogP contribution in [0.1, 0.15) is 0 Å². The van der Waals surface area contributed by atoms with E-state index in [-0.39, 0.29) is 0 Å². The van der Waals surface area contributed by atoms with Crippen molar-refractivity contribution in [2.24, 2.45) is 0 Å². The summed E-state index contributed by atoms with van der Waals surface area (Å²) in [5, 5.41) is 4.58. The van der Waals surface area contributed by atoms with Crippen molar-refractivity contribution < 1.29 is 0 Å². The normalized spacial score (nSPS) is 11.3. The van der Waals surface area contributed by atoms with E-state index in [1.165, 1.54) is 21.9 Å². The van der Waals surface area contributed by atoms with Crippen LogP contribution in [-0.4, -0.2) is 15.0 Å². The molecule has 0 unspecified atom stereocenters. The van der Waals surface area contributed by atoms with Crippen LogP contribution in [0.2, 0.25) is 0 Å². The highest BCUT2D eigenvalue weighted by atomic mass is 14.9. The number of rotatable bonds is 4. The lowest BCUT2D eigenvalue weighted by Gasteiger charge is -2.12. The molecule has 0 aliphatic heterocycles. The van der Waals surface area contributed by atoms with E-state index < -0.39 is 0 Å². The average molecular weight is 536 g/mol. The molecule has 0 N–H and O–H groups in total. The Morgan fingerprint density at radius 2 is 1.10 bits per heavy atom. The molecule has 3 nitrogen and oxygen atoms in total. The zero-order chi connectivity index (χ0) is 27.9. The van der Waals surface area contributed by atoms with Gasteiger partial charge in [-0.1, -0.05) is 121 Å². The van der Waals surface area contributed by atoms with E-state index >= 15 is 0 Å². The standard InChI is InChI=1S/C39H25N3/c1-2-10-28(11-3-1)38-34-17-6-7-18-36(34)41-39(42-38)31-13-8-12-29(24-31)26-19-21-27(22-20-26)35-25-30-14-9-23-40-37(30)33-16-5-4-15-32(33)35/h1-25H. The van der Waals surface area contributed by atoms with Gasteiger partial charge in [0, 0.05) is 33.5 Å². The number of hydrogen-bond acceptors (Lipinski definition) is 3. The quantitative estimate of drug-likeness (QED) is 0.211. The predicted molar refractivity (Wildman–Crippen MR) is 174 cm³/mol. The lowest BCUT2D eigenvalue weighted by molar-refractivity contribution is 1.23. The molecule has 3 heteroatoms. The lowest BCUT2D eigenvalue weighted by atomic mass is 9.94. The topological polar surface area (TPSA) is 38.7 Å². The Bertz CT molecular complexity index is 2240. The Hall–Kier alpha value is -5.67. The van der Waals surface area contributed by atoms with Gasteiger partial charge in [0.2, 0.25) is 0 Å². The summed E-state index contributed by atoms with van der Waals surface area (Å²) in [6.07, 6.45) is 1.86. The number of pyridine rings is 1. The number of nitrogens with zero attached hydrogens (tertiary/aromatic N) is 3. The first-order valence-electron chi connectivity index (χ1n) is 14.1. The van der Waals surface area contributed by atoms with E-state index in [4.69, 9.17) is 9.97 Å². The van der Waals surface area contributed by atoms with Gasteiger partial charge >= 0.3 is 0 Å². The summed E-state index contributed by atoms with van der Waals surface area (Å²) in [6.45, 7) is 0. The van der Waals surface area contributed by atoms with Crippen molar-refractivity contribution in [2.75, 3.05) is 0 Å². The molecule has 0 saturated carbocycles. The van der Waals surface area contributed by atoms with Crippen molar-refractivity contribution in [1.82, 2.24) is 15.0 Å². The largest absolute Gasteiger partial charge is 0.256 e. The van der Waals surface area contributed by atoms with Crippen LogP contribution in [0.3, 0.4) is 0 Å². The first-order valence-corrected chi connectivity index (χ1v) is 14.1. The summed E-state index contributed by atoms with van der Waals surface area (Å²) in [5.41, 5.74) is 9.68. The molecule has 8 rings (SSSR count). The number of fused-ring (bicyclic) bond motifs is 4. The molecule has 0 amide bonds. The average Bonchev–Trinajstić information content (AvgIpc) is 3.08. The van der Waals surface area contributed by atoms with Crippen LogP contribution in [0, 0.1) is 0 Å². The Morgan fingerprint density at radius 1 is 0.405 bits per heavy atom. The monoisotopic (exact) mass is 535 g/mol. The minimum atomic E-state index is 0.724. The van der Waals surface area contributed by atoms with E-state index in [0.29, 0.717) is 0 Å². The van der Waals surface area contributed by atoms with Gasteiger partial charge in [-0.25, -0.2) is 9.97 Å². The van der Waals surface area contributed by atoms with Gasteiger partial charge in [0.15, 0.2) is 5.82 Å². The van der Waals surface area contributed by atoms with Crippen LogP contribution in [-0.2, 0) is 0 Å². The van der Waals surface area contributed by atoms with Crippen LogP contribution >= 0.6 is 0 Å². The van der Waals surface area contributed by atoms with E-state index in [1.807, 2.05) is 42.6 Å². The molecule has 0 saturated heterocycles. The van der Waals surface area contributed by atoms with Gasteiger partial charge in [-0.3, -0.25) is 4.98 Å². The maximum absolute atomic E-state index is 5.07. The van der Waals surface area contributed by atoms with Crippen molar-refractivity contribution in [1.29, 1.82) is 0 Å². The highest BCUT2D eigenvalue weighted by Crippen LogP contribution is 2.36. The summed E-state index contributed by atoms with van der Waals surface area (Å²) in [7, 11) is 0. The fourth-order valence-electron chi connectivity index (χ4n) is 5.86. The number of benzene rings is 6. The molecule has 0 radical (unpaired) electrons. The van der Waals surface area contributed by atoms with Gasteiger partial charge in [0.05, 0.1) is 16.7 Å². The summed E-state index contributed by atoms with van der Waals surface area (Å²) in [5.74, 6) is 0.724. The molecule has 0 atom stereocenters. The maximum Gasteiger partial charge on any atom is 0.160 e. The third-order valence-electron chi connectivity index (χ3n) is 7.91. The fourth-order valence-corrected chi connectivity index (χ4v) is 5.86. The molecule has 196 valence electrons. The summed E-state index contributed by atoms with van der Waals surface area (Å²) >= 11 is 0. The van der Waals surface area contributed by atoms with Crippen LogP contribution in [0.4, 0.5) is 0 Å². The highest BCUT2D eigenvalue weighted by molar-refractivity contribution is 6.12. The van der Waals surface area contributed by atoms with E-state index in [0.717, 1.165) is 55.6 Å². The maximum atomic E-state index is 5.07. The second kappa shape index (κ2) is 10.1. The molecule has 42 heavy (non-hydrogen) atoms. The van der Waals surface area contributed by atoms with Crippen LogP contribution in [0.15, 0.2) is 152 Å². The molecule has 0 bridgehead atoms. The first-order chi connectivity index (χ1) is 20.8. The predicted octanol–water partition coefficient (Wildman–Crippen LogP) is 10.00. The van der Waals surface area contributed by atoms with Gasteiger partial charge in [-0.05, 0) is 51.9 Å². The van der Waals surface area contributed by atoms with Gasteiger partial charge in [-0.15, -0.1) is 0 Å². The second-order valence-corrected chi connectivity index (χ2v) is 10.5. The van der Waals surface area contributed by atoms with E-state index in [9.17, 15) is 0 Å². The SMILES string of the molecule is c1ccc(-c2nc(-c3cccc(-c4ccc(-c5cc6cccnc6c6ccccc56)cc4)c3)nc3ccccc23)cc1. The Kier molecular flexibility index (Phi) is 5.79. The highest BCUT2D eigenvalue weighted by Gasteiger charge is 2.13. The zero-order valence-corrected chi connectivity index (χ0v) is 22.8. The van der Waals surface area contributed by atoms with Crippen molar-refractivity contribution in [2.45, 2.75) is 0 Å². The van der Waals surface area contributed by atoms with Crippen LogP contribution in [0.5, 0.6) is 0 Å². The third kappa shape index (κ3) is 4.20. The van der Waals surface area contributed by atoms with Crippen molar-refractivity contribution in [3.8, 4) is 44.9 Å². The Morgan fingerprint density at radius 3 is 1.95 bits per heavy atom. The van der Waals surface area contributed by atoms with Crippen molar-refractivity contribution in [3.63, 3.8) is 0 Å². The van der Waals surface area contributed by atoms with Gasteiger partial charge < -0.3 is 0 Å². The van der Waals surface area contributed by atoms with E-state index in [1.54, 1.807) is 0 Å². The molecule has 0 aliphatic rings. The van der Waals surface area contributed by atoms with Crippen LogP contribution < -0.4 is 0 Å². The molecule has 0 aliphatic carbocycles. The Balaban J connectivity index is 1.20. The van der Waals surface area contributed by atoms with Gasteiger partial charge in [0.1, 0.15) is 0 Å². The second-order valence-electron chi connectivity index (χ2n) is 10.5. The summed E-state index contributed by atoms with van der Waals surface area (Å²) < 4.78 is 0. The smallest absolute Gasteiger partial charge is 0.160 e. The fraction of sp³-hybridized carbons (Fsp3) is 0. The lowest BCUT2D eigenvalue weighted by Crippen LogP contribution is -1.95. The van der Waals surface area contributed by atoms with Crippen molar-refractivity contribution in [3.05, 3.63) is 152 Å². The number of aromatic nitrogens is 3. The van der Waals surface area contributed by atoms with Crippen molar-refractivity contribution >= 4 is 32.6 Å². The van der Waals surface area contributed by atoms with Gasteiger partial charge in [0.25, 0.3) is 0 Å². The molecule has 2 aromatic heterocycles. The molecular weight excluding hydrogens is 510 g/mol. The summed E-state index contributed by atoms with van der Waals surface area (Å²) in [4.78, 5) is 14.7. The minimum Gasteiger partial charge on any atom is -0.256 e. The summed E-state index contributed by atoms with van der Waals surface area (Å²) in [6, 6.07) is 50.8. The minimum absolute atomic E-state index is 0.724.